The molecule has 10 heteroatoms. The Labute approximate surface area is 188 Å². The molecule has 3 atom stereocenters. The van der Waals surface area contributed by atoms with Gasteiger partial charge in [0, 0.05) is 29.8 Å². The Balaban J connectivity index is 1.99. The van der Waals surface area contributed by atoms with E-state index in [2.05, 4.69) is 15.0 Å². The van der Waals surface area contributed by atoms with Crippen LogP contribution in [-0.2, 0) is 9.53 Å². The van der Waals surface area contributed by atoms with Crippen LogP contribution in [0.5, 0.6) is 5.75 Å². The van der Waals surface area contributed by atoms with Gasteiger partial charge in [-0.1, -0.05) is 19.9 Å². The van der Waals surface area contributed by atoms with Gasteiger partial charge in [0.25, 0.3) is 5.91 Å². The number of hydrogen-bond donors (Lipinski definition) is 1. The van der Waals surface area contributed by atoms with Gasteiger partial charge in [-0.2, -0.15) is 13.2 Å². The van der Waals surface area contributed by atoms with E-state index in [-0.39, 0.29) is 29.1 Å². The van der Waals surface area contributed by atoms with Gasteiger partial charge < -0.3 is 14.8 Å². The van der Waals surface area contributed by atoms with Gasteiger partial charge in [0.2, 0.25) is 5.82 Å². The normalized spacial score (nSPS) is 21.8. The first-order valence-electron chi connectivity index (χ1n) is 10.4. The summed E-state index contributed by atoms with van der Waals surface area (Å²) in [6.45, 7) is 3.41. The Bertz CT molecular complexity index is 1060. The second-order valence-corrected chi connectivity index (χ2v) is 8.31. The maximum Gasteiger partial charge on any atom is 0.387 e. The van der Waals surface area contributed by atoms with Crippen molar-refractivity contribution in [3.05, 3.63) is 53.4 Å². The highest BCUT2D eigenvalue weighted by Crippen LogP contribution is 2.49. The van der Waals surface area contributed by atoms with E-state index in [9.17, 15) is 27.2 Å². The van der Waals surface area contributed by atoms with E-state index in [1.54, 1.807) is 27.7 Å². The topological polar surface area (TPSA) is 77.5 Å². The molecular formula is C23H24F4N2O4. The highest BCUT2D eigenvalue weighted by atomic mass is 19.3. The fourth-order valence-electron chi connectivity index (χ4n) is 3.93. The standard InChI is InChI=1S/C23H24F4N2O4/c1-5-16(30)15-10-12(8-9-28-15)29-21(31)20-17(11(2)23(3,4)33-20)13-6-7-14(24)18(25)19(13)32-22(26)27/h6-11,17,20,22H,5H2,1-4H3,(H,28,29,31)/t11-,17-,20+/m1/s1. The molecule has 1 fully saturated rings. The maximum absolute atomic E-state index is 14.4. The monoisotopic (exact) mass is 468 g/mol. The summed E-state index contributed by atoms with van der Waals surface area (Å²) in [4.78, 5) is 29.1. The molecule has 0 aliphatic carbocycles. The Morgan fingerprint density at radius 1 is 1.24 bits per heavy atom. The zero-order chi connectivity index (χ0) is 24.5. The minimum absolute atomic E-state index is 0.107. The van der Waals surface area contributed by atoms with Gasteiger partial charge in [-0.15, -0.1) is 0 Å². The number of ether oxygens (including phenoxy) is 2. The van der Waals surface area contributed by atoms with E-state index < -0.39 is 53.4 Å². The lowest BCUT2D eigenvalue weighted by atomic mass is 9.78. The Morgan fingerprint density at radius 3 is 2.58 bits per heavy atom. The number of nitrogens with one attached hydrogen (secondary N) is 1. The van der Waals surface area contributed by atoms with Crippen LogP contribution in [-0.4, -0.2) is 35.0 Å². The van der Waals surface area contributed by atoms with E-state index in [0.717, 1.165) is 12.1 Å². The lowest BCUT2D eigenvalue weighted by Crippen LogP contribution is -2.33. The molecule has 1 amide bonds. The summed E-state index contributed by atoms with van der Waals surface area (Å²) < 4.78 is 64.4. The van der Waals surface area contributed by atoms with Gasteiger partial charge in [0.05, 0.1) is 5.60 Å². The van der Waals surface area contributed by atoms with Crippen LogP contribution < -0.4 is 10.1 Å². The average molecular weight is 468 g/mol. The molecule has 1 aliphatic heterocycles. The quantitative estimate of drug-likeness (QED) is 0.453. The highest BCUT2D eigenvalue weighted by molar-refractivity contribution is 5.98. The molecule has 6 nitrogen and oxygen atoms in total. The molecule has 0 saturated carbocycles. The van der Waals surface area contributed by atoms with Crippen molar-refractivity contribution >= 4 is 17.4 Å². The van der Waals surface area contributed by atoms with Gasteiger partial charge in [-0.05, 0) is 38.0 Å². The summed E-state index contributed by atoms with van der Waals surface area (Å²) in [5.74, 6) is -6.14. The minimum Gasteiger partial charge on any atom is -0.431 e. The molecule has 1 aromatic heterocycles. The van der Waals surface area contributed by atoms with Crippen LogP contribution in [0.2, 0.25) is 0 Å². The second-order valence-electron chi connectivity index (χ2n) is 8.31. The molecule has 1 saturated heterocycles. The van der Waals surface area contributed by atoms with Crippen molar-refractivity contribution in [1.82, 2.24) is 4.98 Å². The molecule has 2 aromatic rings. The first-order chi connectivity index (χ1) is 15.5. The van der Waals surface area contributed by atoms with E-state index in [4.69, 9.17) is 4.74 Å². The van der Waals surface area contributed by atoms with Crippen LogP contribution >= 0.6 is 0 Å². The molecule has 1 N–H and O–H groups in total. The summed E-state index contributed by atoms with van der Waals surface area (Å²) in [5.41, 5.74) is -0.563. The number of carbonyl (C=O) groups is 2. The molecule has 0 bridgehead atoms. The third-order valence-corrected chi connectivity index (χ3v) is 5.93. The lowest BCUT2D eigenvalue weighted by Gasteiger charge is -2.26. The molecule has 3 rings (SSSR count). The summed E-state index contributed by atoms with van der Waals surface area (Å²) >= 11 is 0. The van der Waals surface area contributed by atoms with E-state index in [1.807, 2.05) is 0 Å². The van der Waals surface area contributed by atoms with Crippen molar-refractivity contribution in [3.63, 3.8) is 0 Å². The molecule has 0 radical (unpaired) electrons. The number of benzene rings is 1. The first-order valence-corrected chi connectivity index (χ1v) is 10.4. The van der Waals surface area contributed by atoms with Crippen LogP contribution in [0.25, 0.3) is 0 Å². The number of aromatic nitrogens is 1. The lowest BCUT2D eigenvalue weighted by molar-refractivity contribution is -0.131. The van der Waals surface area contributed by atoms with Crippen molar-refractivity contribution in [2.45, 2.75) is 58.4 Å². The number of rotatable bonds is 7. The summed E-state index contributed by atoms with van der Waals surface area (Å²) in [5, 5.41) is 2.63. The number of anilines is 1. The molecule has 1 aromatic carbocycles. The largest absolute Gasteiger partial charge is 0.431 e. The SMILES string of the molecule is CCC(=O)c1cc(NC(=O)[C@H]2OC(C)(C)[C@H](C)[C@@H]2c2ccc(F)c(F)c2OC(F)F)ccn1. The van der Waals surface area contributed by atoms with Crippen molar-refractivity contribution in [2.24, 2.45) is 5.92 Å². The summed E-state index contributed by atoms with van der Waals surface area (Å²) in [6.07, 6.45) is 0.355. The van der Waals surface area contributed by atoms with E-state index >= 15 is 0 Å². The number of ketones is 1. The third kappa shape index (κ3) is 5.00. The minimum atomic E-state index is -3.40. The van der Waals surface area contributed by atoms with Crippen LogP contribution in [0.15, 0.2) is 30.5 Å². The Hall–Kier alpha value is -3.01. The number of Topliss-reactive ketones (excluding diaryl/α,β-unsaturated/α-hetero) is 1. The fraction of sp³-hybridized carbons (Fsp3) is 0.435. The molecule has 178 valence electrons. The Kier molecular flexibility index (Phi) is 7.06. The zero-order valence-electron chi connectivity index (χ0n) is 18.5. The van der Waals surface area contributed by atoms with Crippen LogP contribution in [0.1, 0.15) is 56.1 Å². The van der Waals surface area contributed by atoms with Crippen molar-refractivity contribution < 1.29 is 36.6 Å². The highest BCUT2D eigenvalue weighted by Gasteiger charge is 2.51. The number of amides is 1. The predicted molar refractivity (Wildman–Crippen MR) is 111 cm³/mol. The zero-order valence-corrected chi connectivity index (χ0v) is 18.5. The van der Waals surface area contributed by atoms with E-state index in [0.29, 0.717) is 0 Å². The smallest absolute Gasteiger partial charge is 0.387 e. The second kappa shape index (κ2) is 9.46. The molecule has 1 aliphatic rings. The molecule has 33 heavy (non-hydrogen) atoms. The number of alkyl halides is 2. The average Bonchev–Trinajstić information content (AvgIpc) is 3.00. The van der Waals surface area contributed by atoms with Gasteiger partial charge >= 0.3 is 6.61 Å². The van der Waals surface area contributed by atoms with Crippen molar-refractivity contribution in [3.8, 4) is 5.75 Å². The number of nitrogens with zero attached hydrogens (tertiary/aromatic N) is 1. The van der Waals surface area contributed by atoms with Crippen LogP contribution in [0.3, 0.4) is 0 Å². The van der Waals surface area contributed by atoms with Gasteiger partial charge in [-0.25, -0.2) is 4.39 Å². The van der Waals surface area contributed by atoms with Gasteiger partial charge in [0.1, 0.15) is 11.8 Å². The van der Waals surface area contributed by atoms with E-state index in [1.165, 1.54) is 18.3 Å². The van der Waals surface area contributed by atoms with Gasteiger partial charge in [0.15, 0.2) is 17.3 Å². The predicted octanol–water partition coefficient (Wildman–Crippen LogP) is 5.09. The third-order valence-electron chi connectivity index (χ3n) is 5.93. The summed E-state index contributed by atoms with van der Waals surface area (Å²) in [6, 6.07) is 4.80. The van der Waals surface area contributed by atoms with Crippen LogP contribution in [0.4, 0.5) is 23.2 Å². The maximum atomic E-state index is 14.4. The molecule has 0 spiro atoms. The molecule has 2 heterocycles. The number of carbonyl (C=O) groups excluding carboxylic acids is 2. The fourth-order valence-corrected chi connectivity index (χ4v) is 3.93. The number of pyridine rings is 1. The summed E-state index contributed by atoms with van der Waals surface area (Å²) in [7, 11) is 0. The number of hydrogen-bond acceptors (Lipinski definition) is 5. The van der Waals surface area contributed by atoms with Crippen LogP contribution in [0, 0.1) is 17.6 Å². The van der Waals surface area contributed by atoms with Gasteiger partial charge in [-0.3, -0.25) is 14.6 Å². The molecular weight excluding hydrogens is 444 g/mol. The molecule has 0 unspecified atom stereocenters. The number of halogens is 4. The first kappa shape index (κ1) is 24.6. The Morgan fingerprint density at radius 2 is 1.94 bits per heavy atom. The van der Waals surface area contributed by atoms with Crippen molar-refractivity contribution in [2.75, 3.05) is 5.32 Å². The van der Waals surface area contributed by atoms with Crippen molar-refractivity contribution in [1.29, 1.82) is 0 Å².